The summed E-state index contributed by atoms with van der Waals surface area (Å²) >= 11 is 0. The second-order valence-electron chi connectivity index (χ2n) is 6.49. The molecule has 0 fully saturated rings. The summed E-state index contributed by atoms with van der Waals surface area (Å²) in [6, 6.07) is 20.1. The van der Waals surface area contributed by atoms with E-state index in [1.54, 1.807) is 12.1 Å². The van der Waals surface area contributed by atoms with Gasteiger partial charge in [-0.3, -0.25) is 19.3 Å². The van der Waals surface area contributed by atoms with Crippen molar-refractivity contribution >= 4 is 34.2 Å². The number of para-hydroxylation sites is 1. The van der Waals surface area contributed by atoms with Gasteiger partial charge in [-0.15, -0.1) is 0 Å². The van der Waals surface area contributed by atoms with E-state index in [1.165, 1.54) is 4.90 Å². The molecule has 4 rings (SSSR count). The number of benzene rings is 3. The Balaban J connectivity index is 1.45. The molecule has 5 heteroatoms. The molecule has 0 aromatic heterocycles. The van der Waals surface area contributed by atoms with Crippen LogP contribution in [0.2, 0.25) is 0 Å². The maximum absolute atomic E-state index is 12.8. The van der Waals surface area contributed by atoms with E-state index in [4.69, 9.17) is 0 Å². The third-order valence-corrected chi connectivity index (χ3v) is 4.70. The number of hydrogen-bond donors (Lipinski definition) is 1. The van der Waals surface area contributed by atoms with E-state index in [0.29, 0.717) is 22.9 Å². The summed E-state index contributed by atoms with van der Waals surface area (Å²) in [6.07, 6.45) is 0.645. The predicted molar refractivity (Wildman–Crippen MR) is 104 cm³/mol. The lowest BCUT2D eigenvalue weighted by Gasteiger charge is -2.27. The van der Waals surface area contributed by atoms with E-state index in [2.05, 4.69) is 5.32 Å². The lowest BCUT2D eigenvalue weighted by atomic mass is 9.94. The molecule has 5 nitrogen and oxygen atoms in total. The Morgan fingerprint density at radius 3 is 2.07 bits per heavy atom. The summed E-state index contributed by atoms with van der Waals surface area (Å²) in [5.41, 5.74) is 1.81. The van der Waals surface area contributed by atoms with Crippen LogP contribution >= 0.6 is 0 Å². The first kappa shape index (κ1) is 17.0. The molecular weight excluding hydrogens is 340 g/mol. The van der Waals surface area contributed by atoms with E-state index in [-0.39, 0.29) is 30.7 Å². The first-order valence-corrected chi connectivity index (χ1v) is 8.88. The number of rotatable bonds is 5. The van der Waals surface area contributed by atoms with Gasteiger partial charge in [-0.1, -0.05) is 42.5 Å². The minimum absolute atomic E-state index is 0.138. The molecule has 0 saturated carbocycles. The molecule has 3 amide bonds. The fourth-order valence-electron chi connectivity index (χ4n) is 3.43. The molecule has 1 aliphatic rings. The molecule has 0 atom stereocenters. The molecule has 3 aromatic carbocycles. The molecule has 0 saturated heterocycles. The van der Waals surface area contributed by atoms with Crippen LogP contribution in [-0.4, -0.2) is 29.2 Å². The summed E-state index contributed by atoms with van der Waals surface area (Å²) in [7, 11) is 0. The molecule has 1 aliphatic heterocycles. The summed E-state index contributed by atoms with van der Waals surface area (Å²) in [5, 5.41) is 4.41. The first-order chi connectivity index (χ1) is 13.1. The van der Waals surface area contributed by atoms with Crippen LogP contribution in [0.3, 0.4) is 0 Å². The number of carbonyl (C=O) groups excluding carboxylic acids is 3. The average Bonchev–Trinajstić information content (AvgIpc) is 2.69. The largest absolute Gasteiger partial charge is 0.326 e. The van der Waals surface area contributed by atoms with Crippen molar-refractivity contribution in [1.29, 1.82) is 0 Å². The van der Waals surface area contributed by atoms with Crippen molar-refractivity contribution in [3.8, 4) is 0 Å². The smallest absolute Gasteiger partial charge is 0.261 e. The lowest BCUT2D eigenvalue weighted by Crippen LogP contribution is -2.41. The third-order valence-electron chi connectivity index (χ3n) is 4.70. The quantitative estimate of drug-likeness (QED) is 0.705. The van der Waals surface area contributed by atoms with Gasteiger partial charge in [0.15, 0.2) is 0 Å². The number of nitrogens with zero attached hydrogens (tertiary/aromatic N) is 1. The Kier molecular flexibility index (Phi) is 4.42. The van der Waals surface area contributed by atoms with Gasteiger partial charge in [-0.2, -0.15) is 0 Å². The van der Waals surface area contributed by atoms with Crippen molar-refractivity contribution in [2.45, 2.75) is 12.8 Å². The van der Waals surface area contributed by atoms with Gasteiger partial charge in [0.2, 0.25) is 5.91 Å². The van der Waals surface area contributed by atoms with Crippen LogP contribution < -0.4 is 5.32 Å². The maximum atomic E-state index is 12.8. The number of hydrogen-bond acceptors (Lipinski definition) is 3. The normalized spacial score (nSPS) is 13.1. The highest BCUT2D eigenvalue weighted by atomic mass is 16.2. The van der Waals surface area contributed by atoms with Gasteiger partial charge in [-0.25, -0.2) is 0 Å². The van der Waals surface area contributed by atoms with Crippen LogP contribution in [-0.2, 0) is 4.79 Å². The van der Waals surface area contributed by atoms with Crippen LogP contribution in [0.15, 0.2) is 66.7 Å². The number of amides is 3. The molecule has 0 aliphatic carbocycles. The molecule has 1 heterocycles. The zero-order valence-corrected chi connectivity index (χ0v) is 14.6. The second kappa shape index (κ2) is 7.03. The van der Waals surface area contributed by atoms with Gasteiger partial charge in [0.1, 0.15) is 0 Å². The number of carbonyl (C=O) groups is 3. The van der Waals surface area contributed by atoms with Gasteiger partial charge in [0.25, 0.3) is 11.8 Å². The van der Waals surface area contributed by atoms with E-state index in [0.717, 1.165) is 11.1 Å². The molecule has 27 heavy (non-hydrogen) atoms. The van der Waals surface area contributed by atoms with Crippen molar-refractivity contribution < 1.29 is 14.4 Å². The van der Waals surface area contributed by atoms with E-state index < -0.39 is 0 Å². The fourth-order valence-corrected chi connectivity index (χ4v) is 3.43. The topological polar surface area (TPSA) is 66.5 Å². The van der Waals surface area contributed by atoms with Crippen LogP contribution in [0.5, 0.6) is 0 Å². The second-order valence-corrected chi connectivity index (χ2v) is 6.49. The standard InChI is InChI=1S/C22H18N2O3/c25-19(23-16-9-2-1-3-10-16)13-6-14-24-21(26)17-11-4-7-15-8-5-12-18(20(15)17)22(24)27/h1-5,7-12H,6,13-14H2,(H,23,25). The summed E-state index contributed by atoms with van der Waals surface area (Å²) in [6.45, 7) is 0.213. The van der Waals surface area contributed by atoms with Crippen molar-refractivity contribution in [1.82, 2.24) is 4.90 Å². The van der Waals surface area contributed by atoms with Crippen LogP contribution in [0.25, 0.3) is 10.8 Å². The molecule has 3 aromatic rings. The first-order valence-electron chi connectivity index (χ1n) is 8.88. The van der Waals surface area contributed by atoms with Crippen molar-refractivity contribution in [2.24, 2.45) is 0 Å². The van der Waals surface area contributed by atoms with Gasteiger partial charge >= 0.3 is 0 Å². The average molecular weight is 358 g/mol. The number of nitrogens with one attached hydrogen (secondary N) is 1. The SMILES string of the molecule is O=C(CCCN1C(=O)c2cccc3cccc(c23)C1=O)Nc1ccccc1. The Morgan fingerprint density at radius 2 is 1.44 bits per heavy atom. The number of imide groups is 1. The zero-order valence-electron chi connectivity index (χ0n) is 14.6. The predicted octanol–water partition coefficient (Wildman–Crippen LogP) is 3.85. The van der Waals surface area contributed by atoms with Crippen molar-refractivity contribution in [3.05, 3.63) is 77.9 Å². The minimum atomic E-state index is -0.298. The lowest BCUT2D eigenvalue weighted by molar-refractivity contribution is -0.116. The highest BCUT2D eigenvalue weighted by Crippen LogP contribution is 2.30. The Labute approximate surface area is 156 Å². The van der Waals surface area contributed by atoms with Crippen LogP contribution in [0, 0.1) is 0 Å². The Hall–Kier alpha value is -3.47. The van der Waals surface area contributed by atoms with Gasteiger partial charge in [0, 0.05) is 35.2 Å². The van der Waals surface area contributed by atoms with E-state index >= 15 is 0 Å². The molecular formula is C22H18N2O3. The number of anilines is 1. The molecule has 0 bridgehead atoms. The van der Waals surface area contributed by atoms with Crippen LogP contribution in [0.1, 0.15) is 33.6 Å². The van der Waals surface area contributed by atoms with Gasteiger partial charge < -0.3 is 5.32 Å². The van der Waals surface area contributed by atoms with E-state index in [1.807, 2.05) is 54.6 Å². The summed E-state index contributed by atoms with van der Waals surface area (Å²) in [4.78, 5) is 38.9. The van der Waals surface area contributed by atoms with Crippen molar-refractivity contribution in [3.63, 3.8) is 0 Å². The Bertz CT molecular complexity index is 993. The molecule has 0 spiro atoms. The molecule has 134 valence electrons. The minimum Gasteiger partial charge on any atom is -0.326 e. The van der Waals surface area contributed by atoms with Crippen molar-refractivity contribution in [2.75, 3.05) is 11.9 Å². The summed E-state index contributed by atoms with van der Waals surface area (Å²) < 4.78 is 0. The fraction of sp³-hybridized carbons (Fsp3) is 0.136. The van der Waals surface area contributed by atoms with Gasteiger partial charge in [-0.05, 0) is 36.1 Å². The molecule has 1 N–H and O–H groups in total. The third kappa shape index (κ3) is 3.19. The summed E-state index contributed by atoms with van der Waals surface area (Å²) in [5.74, 6) is -0.735. The maximum Gasteiger partial charge on any atom is 0.261 e. The zero-order chi connectivity index (χ0) is 18.8. The van der Waals surface area contributed by atoms with E-state index in [9.17, 15) is 14.4 Å². The van der Waals surface area contributed by atoms with Gasteiger partial charge in [0.05, 0.1) is 0 Å². The molecule has 0 unspecified atom stereocenters. The van der Waals surface area contributed by atoms with Crippen LogP contribution in [0.4, 0.5) is 5.69 Å². The highest BCUT2D eigenvalue weighted by molar-refractivity contribution is 6.25. The molecule has 0 radical (unpaired) electrons. The monoisotopic (exact) mass is 358 g/mol. The Morgan fingerprint density at radius 1 is 0.815 bits per heavy atom. The highest BCUT2D eigenvalue weighted by Gasteiger charge is 2.32.